The van der Waals surface area contributed by atoms with Crippen LogP contribution in [0, 0.1) is 12.8 Å². The number of carbonyl (C=O) groups excluding carboxylic acids is 2. The summed E-state index contributed by atoms with van der Waals surface area (Å²) in [6.07, 6.45) is -0.0236. The van der Waals surface area contributed by atoms with Crippen LogP contribution in [0.4, 0.5) is 0 Å². The summed E-state index contributed by atoms with van der Waals surface area (Å²) in [5, 5.41) is 0. The quantitative estimate of drug-likeness (QED) is 0.591. The minimum Gasteiger partial charge on any atom is -0.468 e. The summed E-state index contributed by atoms with van der Waals surface area (Å²) in [6, 6.07) is 7.80. The van der Waals surface area contributed by atoms with Crippen molar-refractivity contribution in [2.75, 3.05) is 13.7 Å². The molecular formula is C14H16O4. The van der Waals surface area contributed by atoms with Gasteiger partial charge in [-0.3, -0.25) is 9.59 Å². The maximum Gasteiger partial charge on any atom is 0.318 e. The van der Waals surface area contributed by atoms with Crippen molar-refractivity contribution in [1.82, 2.24) is 0 Å². The molecule has 1 heterocycles. The largest absolute Gasteiger partial charge is 0.468 e. The highest BCUT2D eigenvalue weighted by Gasteiger charge is 2.35. The number of aryl methyl sites for hydroxylation is 1. The van der Waals surface area contributed by atoms with Crippen molar-refractivity contribution in [3.05, 3.63) is 35.4 Å². The molecule has 1 aliphatic rings. The predicted molar refractivity (Wildman–Crippen MR) is 65.0 cm³/mol. The molecule has 0 radical (unpaired) electrons. The molecule has 0 spiro atoms. The Labute approximate surface area is 106 Å². The summed E-state index contributed by atoms with van der Waals surface area (Å²) in [4.78, 5) is 23.3. The van der Waals surface area contributed by atoms with Gasteiger partial charge in [0.05, 0.1) is 19.8 Å². The molecule has 0 bridgehead atoms. The summed E-state index contributed by atoms with van der Waals surface area (Å²) in [6.45, 7) is 2.08. The molecule has 1 aromatic rings. The second kappa shape index (κ2) is 5.31. The highest BCUT2D eigenvalue weighted by molar-refractivity contribution is 5.99. The van der Waals surface area contributed by atoms with Gasteiger partial charge in [-0.1, -0.05) is 24.3 Å². The van der Waals surface area contributed by atoms with Crippen LogP contribution in [0.15, 0.2) is 24.3 Å². The van der Waals surface area contributed by atoms with Crippen LogP contribution >= 0.6 is 0 Å². The van der Waals surface area contributed by atoms with Crippen LogP contribution < -0.4 is 0 Å². The number of ether oxygens (including phenoxy) is 2. The number of hydrogen-bond donors (Lipinski definition) is 0. The third-order valence-corrected chi connectivity index (χ3v) is 3.26. The normalized spacial score (nSPS) is 23.8. The zero-order valence-corrected chi connectivity index (χ0v) is 10.5. The van der Waals surface area contributed by atoms with Crippen molar-refractivity contribution >= 4 is 11.8 Å². The first kappa shape index (κ1) is 12.8. The number of Topliss-reactive ketones (excluding diaryl/α,β-unsaturated/α-hetero) is 1. The van der Waals surface area contributed by atoms with E-state index in [9.17, 15) is 9.59 Å². The lowest BCUT2D eigenvalue weighted by atomic mass is 9.91. The number of benzene rings is 1. The Bertz CT molecular complexity index is 467. The molecule has 4 heteroatoms. The summed E-state index contributed by atoms with van der Waals surface area (Å²) < 4.78 is 10.2. The van der Waals surface area contributed by atoms with Crippen molar-refractivity contribution in [3.63, 3.8) is 0 Å². The zero-order chi connectivity index (χ0) is 13.1. The van der Waals surface area contributed by atoms with Gasteiger partial charge in [-0.2, -0.15) is 0 Å². The molecule has 0 saturated carbocycles. The lowest BCUT2D eigenvalue weighted by Crippen LogP contribution is -2.36. The third kappa shape index (κ3) is 2.43. The predicted octanol–water partition coefficient (Wildman–Crippen LogP) is 1.81. The van der Waals surface area contributed by atoms with Crippen molar-refractivity contribution < 1.29 is 19.1 Å². The maximum atomic E-state index is 11.9. The van der Waals surface area contributed by atoms with Gasteiger partial charge >= 0.3 is 5.97 Å². The lowest BCUT2D eigenvalue weighted by molar-refractivity contribution is -0.158. The summed E-state index contributed by atoms with van der Waals surface area (Å²) in [5.74, 6) is -1.39. The van der Waals surface area contributed by atoms with E-state index in [4.69, 9.17) is 4.74 Å². The van der Waals surface area contributed by atoms with E-state index in [0.717, 1.165) is 11.1 Å². The maximum absolute atomic E-state index is 11.9. The fourth-order valence-electron chi connectivity index (χ4n) is 2.18. The Morgan fingerprint density at radius 2 is 2.11 bits per heavy atom. The van der Waals surface area contributed by atoms with E-state index < -0.39 is 11.9 Å². The van der Waals surface area contributed by atoms with Crippen LogP contribution in [0.1, 0.15) is 23.7 Å². The molecule has 1 aliphatic heterocycles. The Balaban J connectivity index is 2.11. The molecule has 4 nitrogen and oxygen atoms in total. The molecule has 2 unspecified atom stereocenters. The summed E-state index contributed by atoms with van der Waals surface area (Å²) in [7, 11) is 1.28. The molecule has 0 N–H and O–H groups in total. The number of carbonyl (C=O) groups is 2. The minimum atomic E-state index is -0.768. The zero-order valence-electron chi connectivity index (χ0n) is 10.5. The van der Waals surface area contributed by atoms with Gasteiger partial charge in [-0.25, -0.2) is 0 Å². The SMILES string of the molecule is COC(=O)C1COC(c2ccccc2C)CC1=O. The number of methoxy groups -OCH3 is 1. The Morgan fingerprint density at radius 3 is 2.72 bits per heavy atom. The number of hydrogen-bond acceptors (Lipinski definition) is 4. The molecule has 0 aliphatic carbocycles. The average molecular weight is 248 g/mol. The van der Waals surface area contributed by atoms with Gasteiger partial charge < -0.3 is 9.47 Å². The molecule has 2 atom stereocenters. The average Bonchev–Trinajstić information content (AvgIpc) is 2.38. The molecule has 18 heavy (non-hydrogen) atoms. The molecule has 1 saturated heterocycles. The molecule has 2 rings (SSSR count). The first-order valence-corrected chi connectivity index (χ1v) is 5.91. The molecular weight excluding hydrogens is 232 g/mol. The Kier molecular flexibility index (Phi) is 3.77. The molecule has 1 aromatic carbocycles. The molecule has 0 aromatic heterocycles. The van der Waals surface area contributed by atoms with Gasteiger partial charge in [0.15, 0.2) is 5.78 Å². The molecule has 0 amide bonds. The number of rotatable bonds is 2. The van der Waals surface area contributed by atoms with Gasteiger partial charge in [0.2, 0.25) is 0 Å². The van der Waals surface area contributed by atoms with Crippen LogP contribution in [0.25, 0.3) is 0 Å². The van der Waals surface area contributed by atoms with E-state index in [1.54, 1.807) is 0 Å². The number of ketones is 1. The van der Waals surface area contributed by atoms with Gasteiger partial charge in [-0.05, 0) is 18.1 Å². The highest BCUT2D eigenvalue weighted by Crippen LogP contribution is 2.30. The monoisotopic (exact) mass is 248 g/mol. The second-order valence-electron chi connectivity index (χ2n) is 4.42. The van der Waals surface area contributed by atoms with Crippen LogP contribution in [0.5, 0.6) is 0 Å². The van der Waals surface area contributed by atoms with Gasteiger partial charge in [0, 0.05) is 6.42 Å². The van der Waals surface area contributed by atoms with E-state index in [1.165, 1.54) is 7.11 Å². The Hall–Kier alpha value is -1.68. The summed E-state index contributed by atoms with van der Waals surface area (Å²) >= 11 is 0. The van der Waals surface area contributed by atoms with Crippen molar-refractivity contribution in [2.45, 2.75) is 19.4 Å². The van der Waals surface area contributed by atoms with Crippen molar-refractivity contribution in [2.24, 2.45) is 5.92 Å². The fourth-order valence-corrected chi connectivity index (χ4v) is 2.18. The van der Waals surface area contributed by atoms with Crippen LogP contribution in [-0.4, -0.2) is 25.5 Å². The molecule has 96 valence electrons. The number of esters is 1. The van der Waals surface area contributed by atoms with Crippen molar-refractivity contribution in [3.8, 4) is 0 Å². The lowest BCUT2D eigenvalue weighted by Gasteiger charge is -2.27. The van der Waals surface area contributed by atoms with Gasteiger partial charge in [0.25, 0.3) is 0 Å². The van der Waals surface area contributed by atoms with E-state index in [2.05, 4.69) is 4.74 Å². The minimum absolute atomic E-state index is 0.102. The third-order valence-electron chi connectivity index (χ3n) is 3.26. The smallest absolute Gasteiger partial charge is 0.318 e. The Morgan fingerprint density at radius 1 is 1.39 bits per heavy atom. The highest BCUT2D eigenvalue weighted by atomic mass is 16.5. The standard InChI is InChI=1S/C14H16O4/c1-9-5-3-4-6-10(9)13-7-12(15)11(8-18-13)14(16)17-2/h3-6,11,13H,7-8H2,1-2H3. The van der Waals surface area contributed by atoms with Crippen molar-refractivity contribution in [1.29, 1.82) is 0 Å². The van der Waals surface area contributed by atoms with Crippen LogP contribution in [-0.2, 0) is 19.1 Å². The van der Waals surface area contributed by atoms with E-state index in [0.29, 0.717) is 0 Å². The van der Waals surface area contributed by atoms with Gasteiger partial charge in [-0.15, -0.1) is 0 Å². The van der Waals surface area contributed by atoms with Gasteiger partial charge in [0.1, 0.15) is 5.92 Å². The first-order valence-electron chi connectivity index (χ1n) is 5.91. The van der Waals surface area contributed by atoms with E-state index in [-0.39, 0.29) is 24.9 Å². The second-order valence-corrected chi connectivity index (χ2v) is 4.42. The van der Waals surface area contributed by atoms with Crippen LogP contribution in [0.2, 0.25) is 0 Å². The topological polar surface area (TPSA) is 52.6 Å². The summed E-state index contributed by atoms with van der Waals surface area (Å²) in [5.41, 5.74) is 2.10. The van der Waals surface area contributed by atoms with E-state index >= 15 is 0 Å². The first-order chi connectivity index (χ1) is 8.63. The van der Waals surface area contributed by atoms with E-state index in [1.807, 2.05) is 31.2 Å². The van der Waals surface area contributed by atoms with Crippen LogP contribution in [0.3, 0.4) is 0 Å². The molecule has 1 fully saturated rings. The fraction of sp³-hybridized carbons (Fsp3) is 0.429.